The number of pyridine rings is 1. The van der Waals surface area contributed by atoms with Crippen LogP contribution in [0.15, 0.2) is 46.0 Å². The molecule has 0 aliphatic heterocycles. The van der Waals surface area contributed by atoms with Gasteiger partial charge in [0, 0.05) is 28.2 Å². The second-order valence-corrected chi connectivity index (χ2v) is 11.4. The Morgan fingerprint density at radius 3 is 2.41 bits per heavy atom. The summed E-state index contributed by atoms with van der Waals surface area (Å²) in [6, 6.07) is 6.34. The number of halogens is 5. The molecule has 1 aromatic carbocycles. The van der Waals surface area contributed by atoms with Crippen molar-refractivity contribution in [1.82, 2.24) is 9.97 Å². The van der Waals surface area contributed by atoms with Gasteiger partial charge in [0.15, 0.2) is 20.5 Å². The number of aliphatic hydroxyl groups is 1. The molecule has 3 aromatic rings. The molecule has 2 N–H and O–H groups in total. The van der Waals surface area contributed by atoms with Gasteiger partial charge in [0.25, 0.3) is 0 Å². The van der Waals surface area contributed by atoms with Crippen LogP contribution in [0.2, 0.25) is 0 Å². The van der Waals surface area contributed by atoms with Crippen LogP contribution in [-0.2, 0) is 21.7 Å². The van der Waals surface area contributed by atoms with E-state index in [1.54, 1.807) is 0 Å². The van der Waals surface area contributed by atoms with Gasteiger partial charge < -0.3 is 10.1 Å². The predicted molar refractivity (Wildman–Crippen MR) is 116 cm³/mol. The van der Waals surface area contributed by atoms with Crippen LogP contribution in [0.5, 0.6) is 0 Å². The highest BCUT2D eigenvalue weighted by Gasteiger charge is 2.56. The zero-order valence-corrected chi connectivity index (χ0v) is 19.8. The molecule has 0 aliphatic rings. The topological polar surface area (TPSA) is 83.0 Å². The first-order valence-corrected chi connectivity index (χ1v) is 12.1. The Labute approximate surface area is 190 Å². The summed E-state index contributed by atoms with van der Waals surface area (Å²) >= 11 is 3.25. The van der Waals surface area contributed by atoms with Gasteiger partial charge in [-0.25, -0.2) is 17.8 Å². The van der Waals surface area contributed by atoms with Crippen molar-refractivity contribution in [2.24, 2.45) is 0 Å². The van der Waals surface area contributed by atoms with Crippen LogP contribution < -0.4 is 0 Å². The fourth-order valence-electron chi connectivity index (χ4n) is 3.79. The number of nitrogens with zero attached hydrogens (tertiary/aromatic N) is 1. The molecule has 0 radical (unpaired) electrons. The summed E-state index contributed by atoms with van der Waals surface area (Å²) in [5.74, 6) is -0.600. The highest BCUT2D eigenvalue weighted by Crippen LogP contribution is 2.44. The van der Waals surface area contributed by atoms with Gasteiger partial charge in [-0.2, -0.15) is 13.2 Å². The number of nitrogens with one attached hydrogen (secondary N) is 1. The third-order valence-corrected chi connectivity index (χ3v) is 6.99. The first-order valence-electron chi connectivity index (χ1n) is 9.44. The average molecular weight is 537 g/mol. The summed E-state index contributed by atoms with van der Waals surface area (Å²) in [5.41, 5.74) is -3.71. The molecular weight excluding hydrogens is 516 g/mol. The predicted octanol–water partition coefficient (Wildman–Crippen LogP) is 5.07. The number of alkyl halides is 3. The van der Waals surface area contributed by atoms with Crippen molar-refractivity contribution in [3.8, 4) is 0 Å². The highest BCUT2D eigenvalue weighted by atomic mass is 79.9. The van der Waals surface area contributed by atoms with E-state index in [9.17, 15) is 31.1 Å². The molecule has 1 unspecified atom stereocenters. The van der Waals surface area contributed by atoms with Gasteiger partial charge in [-0.1, -0.05) is 29.8 Å². The summed E-state index contributed by atoms with van der Waals surface area (Å²) in [4.78, 5) is 6.57. The van der Waals surface area contributed by atoms with Crippen molar-refractivity contribution < 1.29 is 31.1 Å². The molecule has 0 amide bonds. The van der Waals surface area contributed by atoms with Crippen molar-refractivity contribution >= 4 is 36.7 Å². The third kappa shape index (κ3) is 4.99. The molecule has 1 atom stereocenters. The van der Waals surface area contributed by atoms with Crippen molar-refractivity contribution in [1.29, 1.82) is 0 Å². The molecule has 0 fully saturated rings. The Morgan fingerprint density at radius 1 is 1.16 bits per heavy atom. The molecule has 0 saturated heterocycles. The molecule has 5 nitrogen and oxygen atoms in total. The van der Waals surface area contributed by atoms with Crippen molar-refractivity contribution in [2.75, 3.05) is 6.26 Å². The second-order valence-electron chi connectivity index (χ2n) is 8.57. The van der Waals surface area contributed by atoms with Gasteiger partial charge in [0.05, 0.1) is 11.7 Å². The van der Waals surface area contributed by atoms with Gasteiger partial charge in [0.1, 0.15) is 5.82 Å². The van der Waals surface area contributed by atoms with Crippen LogP contribution in [0.4, 0.5) is 17.6 Å². The largest absolute Gasteiger partial charge is 0.417 e. The van der Waals surface area contributed by atoms with Gasteiger partial charge in [-0.3, -0.25) is 0 Å². The van der Waals surface area contributed by atoms with Crippen molar-refractivity contribution in [3.05, 3.63) is 58.1 Å². The first kappa shape index (κ1) is 24.7. The maximum absolute atomic E-state index is 14.1. The molecule has 32 heavy (non-hydrogen) atoms. The van der Waals surface area contributed by atoms with Gasteiger partial charge in [-0.05, 0) is 47.7 Å². The van der Waals surface area contributed by atoms with Crippen LogP contribution >= 0.6 is 15.9 Å². The number of hydrogen-bond donors (Lipinski definition) is 2. The maximum atomic E-state index is 14.1. The standard InChI is InChI=1S/C21H21BrF4N2O3S/c1-19(2,15-8-13(23)4-5-16(15)22)11-20(29,21(24,25)26)9-14-6-12-7-18(32(3,30)31)27-10-17(12)28-14/h4-8,10,28-29H,9,11H2,1-3H3. The molecule has 0 bridgehead atoms. The number of H-pyrrole nitrogens is 1. The second kappa shape index (κ2) is 8.11. The minimum atomic E-state index is -4.99. The zero-order valence-electron chi connectivity index (χ0n) is 17.4. The summed E-state index contributed by atoms with van der Waals surface area (Å²) in [6.07, 6.45) is -4.35. The van der Waals surface area contributed by atoms with Crippen molar-refractivity contribution in [3.63, 3.8) is 0 Å². The number of rotatable bonds is 6. The molecular formula is C21H21BrF4N2O3S. The summed E-state index contributed by atoms with van der Waals surface area (Å²) in [6.45, 7) is 2.99. The first-order chi connectivity index (χ1) is 14.5. The number of fused-ring (bicyclic) bond motifs is 1. The molecule has 2 aromatic heterocycles. The number of hydrogen-bond acceptors (Lipinski definition) is 4. The van der Waals surface area contributed by atoms with E-state index in [4.69, 9.17) is 0 Å². The monoisotopic (exact) mass is 536 g/mol. The van der Waals surface area contributed by atoms with E-state index < -0.39 is 45.7 Å². The van der Waals surface area contributed by atoms with Crippen LogP contribution in [-0.4, -0.2) is 41.5 Å². The lowest BCUT2D eigenvalue weighted by atomic mass is 9.73. The van der Waals surface area contributed by atoms with E-state index >= 15 is 0 Å². The minimum Gasteiger partial charge on any atom is -0.380 e. The highest BCUT2D eigenvalue weighted by molar-refractivity contribution is 9.10. The molecule has 0 spiro atoms. The Kier molecular flexibility index (Phi) is 6.25. The number of sulfone groups is 1. The molecule has 3 rings (SSSR count). The Bertz CT molecular complexity index is 1270. The fourth-order valence-corrected chi connectivity index (χ4v) is 5.16. The van der Waals surface area contributed by atoms with E-state index in [0.717, 1.165) is 12.3 Å². The Morgan fingerprint density at radius 2 is 1.81 bits per heavy atom. The number of aromatic amines is 1. The van der Waals surface area contributed by atoms with Crippen LogP contribution in [0, 0.1) is 5.82 Å². The van der Waals surface area contributed by atoms with E-state index in [2.05, 4.69) is 25.9 Å². The number of benzene rings is 1. The lowest BCUT2D eigenvalue weighted by Gasteiger charge is -2.38. The SMILES string of the molecule is CC(C)(CC(O)(Cc1cc2cc(S(C)(=O)=O)ncc2[nH]1)C(F)(F)F)c1cc(F)ccc1Br. The quantitative estimate of drug-likeness (QED) is 0.431. The molecule has 174 valence electrons. The molecule has 0 aliphatic carbocycles. The summed E-state index contributed by atoms with van der Waals surface area (Å²) in [5, 5.41) is 10.9. The zero-order chi connectivity index (χ0) is 24.1. The van der Waals surface area contributed by atoms with Crippen LogP contribution in [0.25, 0.3) is 10.9 Å². The lowest BCUT2D eigenvalue weighted by molar-refractivity contribution is -0.266. The smallest absolute Gasteiger partial charge is 0.380 e. The summed E-state index contributed by atoms with van der Waals surface area (Å²) < 4.78 is 79.7. The fraction of sp³-hybridized carbons (Fsp3) is 0.381. The molecule has 0 saturated carbocycles. The Balaban J connectivity index is 2.00. The van der Waals surface area contributed by atoms with E-state index in [1.807, 2.05) is 0 Å². The maximum Gasteiger partial charge on any atom is 0.417 e. The molecule has 2 heterocycles. The van der Waals surface area contributed by atoms with Gasteiger partial charge >= 0.3 is 6.18 Å². The van der Waals surface area contributed by atoms with Gasteiger partial charge in [-0.15, -0.1) is 0 Å². The third-order valence-electron chi connectivity index (χ3n) is 5.32. The summed E-state index contributed by atoms with van der Waals surface area (Å²) in [7, 11) is -3.60. The average Bonchev–Trinajstić information content (AvgIpc) is 3.02. The normalized spacial score (nSPS) is 15.2. The number of aromatic nitrogens is 2. The van der Waals surface area contributed by atoms with Crippen LogP contribution in [0.3, 0.4) is 0 Å². The minimum absolute atomic E-state index is 0.0568. The van der Waals surface area contributed by atoms with Crippen molar-refractivity contribution in [2.45, 2.75) is 48.9 Å². The molecule has 11 heteroatoms. The van der Waals surface area contributed by atoms with Gasteiger partial charge in [0.2, 0.25) is 0 Å². The lowest BCUT2D eigenvalue weighted by Crippen LogP contribution is -2.51. The Hall–Kier alpha value is -1.98. The van der Waals surface area contributed by atoms with E-state index in [-0.39, 0.29) is 10.7 Å². The van der Waals surface area contributed by atoms with E-state index in [1.165, 1.54) is 44.3 Å². The van der Waals surface area contributed by atoms with E-state index in [0.29, 0.717) is 20.9 Å². The van der Waals surface area contributed by atoms with Crippen LogP contribution in [0.1, 0.15) is 31.5 Å².